The smallest absolute Gasteiger partial charge is 0.0700 e. The van der Waals surface area contributed by atoms with Crippen molar-refractivity contribution < 1.29 is 0 Å². The zero-order valence-corrected chi connectivity index (χ0v) is 7.34. The summed E-state index contributed by atoms with van der Waals surface area (Å²) in [7, 11) is 3.26. The van der Waals surface area contributed by atoms with Gasteiger partial charge in [0.1, 0.15) is 0 Å². The highest BCUT2D eigenvalue weighted by Gasteiger charge is 2.07. The molecule has 1 aliphatic heterocycles. The Kier molecular flexibility index (Phi) is 2.32. The SMILES string of the molecule is c1cnc2c(c1)SSNNC2. The standard InChI is InChI=1S/C6H7N3S2/c1-2-6-5(7-3-1)4-8-9-11-10-6/h1-3,8-9H,4H2. The van der Waals surface area contributed by atoms with Gasteiger partial charge in [0.2, 0.25) is 0 Å². The highest BCUT2D eigenvalue weighted by atomic mass is 33.1. The lowest BCUT2D eigenvalue weighted by molar-refractivity contribution is 0.668. The van der Waals surface area contributed by atoms with Crippen LogP contribution in [0.1, 0.15) is 5.69 Å². The van der Waals surface area contributed by atoms with Crippen LogP contribution >= 0.6 is 21.8 Å². The van der Waals surface area contributed by atoms with Gasteiger partial charge in [-0.1, -0.05) is 0 Å². The highest BCUT2D eigenvalue weighted by Crippen LogP contribution is 2.31. The second kappa shape index (κ2) is 3.44. The topological polar surface area (TPSA) is 37.0 Å². The summed E-state index contributed by atoms with van der Waals surface area (Å²) in [5.41, 5.74) is 4.14. The first kappa shape index (κ1) is 7.42. The maximum atomic E-state index is 4.24. The van der Waals surface area contributed by atoms with Gasteiger partial charge in [-0.3, -0.25) is 4.98 Å². The third-order valence-corrected chi connectivity index (χ3v) is 3.25. The van der Waals surface area contributed by atoms with Crippen molar-refractivity contribution in [3.63, 3.8) is 0 Å². The molecule has 0 unspecified atom stereocenters. The molecule has 0 spiro atoms. The first-order valence-electron chi connectivity index (χ1n) is 3.22. The van der Waals surface area contributed by atoms with Gasteiger partial charge >= 0.3 is 0 Å². The average Bonchev–Trinajstić information content (AvgIpc) is 2.28. The summed E-state index contributed by atoms with van der Waals surface area (Å²) in [6, 6.07) is 4.03. The van der Waals surface area contributed by atoms with E-state index in [1.807, 2.05) is 12.3 Å². The number of aromatic nitrogens is 1. The largest absolute Gasteiger partial charge is 0.259 e. The van der Waals surface area contributed by atoms with Crippen molar-refractivity contribution >= 4 is 21.8 Å². The quantitative estimate of drug-likeness (QED) is 0.471. The first-order valence-corrected chi connectivity index (χ1v) is 5.37. The summed E-state index contributed by atoms with van der Waals surface area (Å²) in [5, 5.41) is 0. The van der Waals surface area contributed by atoms with E-state index < -0.39 is 0 Å². The summed E-state index contributed by atoms with van der Waals surface area (Å²) in [6.07, 6.45) is 1.82. The van der Waals surface area contributed by atoms with Crippen LogP contribution in [0.5, 0.6) is 0 Å². The molecule has 0 aliphatic carbocycles. The molecular formula is C6H7N3S2. The van der Waals surface area contributed by atoms with Gasteiger partial charge in [-0.05, 0) is 22.9 Å². The van der Waals surface area contributed by atoms with Gasteiger partial charge in [0.15, 0.2) is 0 Å². The molecule has 1 aromatic heterocycles. The Morgan fingerprint density at radius 3 is 3.55 bits per heavy atom. The lowest BCUT2D eigenvalue weighted by Crippen LogP contribution is -2.22. The fourth-order valence-electron chi connectivity index (χ4n) is 0.847. The number of hydrazine groups is 1. The molecule has 0 fully saturated rings. The van der Waals surface area contributed by atoms with Gasteiger partial charge in [0, 0.05) is 22.1 Å². The molecule has 0 radical (unpaired) electrons. The van der Waals surface area contributed by atoms with Gasteiger partial charge in [-0.2, -0.15) is 4.83 Å². The summed E-state index contributed by atoms with van der Waals surface area (Å²) < 4.78 is 0. The lowest BCUT2D eigenvalue weighted by Gasteiger charge is -1.98. The summed E-state index contributed by atoms with van der Waals surface area (Å²) in [5.74, 6) is 0. The Hall–Kier alpha value is -0.230. The molecule has 0 amide bonds. The molecule has 58 valence electrons. The van der Waals surface area contributed by atoms with Gasteiger partial charge in [-0.15, -0.1) is 0 Å². The fourth-order valence-corrected chi connectivity index (χ4v) is 2.49. The summed E-state index contributed by atoms with van der Waals surface area (Å²) >= 11 is 0. The predicted molar refractivity (Wildman–Crippen MR) is 47.7 cm³/mol. The van der Waals surface area contributed by atoms with E-state index in [0.717, 1.165) is 12.2 Å². The molecule has 0 atom stereocenters. The molecule has 1 aromatic rings. The van der Waals surface area contributed by atoms with Crippen LogP contribution in [0.25, 0.3) is 0 Å². The van der Waals surface area contributed by atoms with E-state index in [1.165, 1.54) is 4.90 Å². The molecule has 0 aromatic carbocycles. The minimum absolute atomic E-state index is 0.788. The van der Waals surface area contributed by atoms with Crippen LogP contribution in [-0.2, 0) is 6.54 Å². The van der Waals surface area contributed by atoms with Crippen molar-refractivity contribution in [1.29, 1.82) is 0 Å². The molecule has 5 heteroatoms. The Morgan fingerprint density at radius 1 is 1.55 bits per heavy atom. The van der Waals surface area contributed by atoms with Gasteiger partial charge in [0.25, 0.3) is 0 Å². The van der Waals surface area contributed by atoms with Crippen LogP contribution in [0.4, 0.5) is 0 Å². The van der Waals surface area contributed by atoms with Crippen molar-refractivity contribution in [1.82, 2.24) is 15.2 Å². The lowest BCUT2D eigenvalue weighted by atomic mass is 10.3. The number of hydrogen-bond acceptors (Lipinski definition) is 5. The minimum atomic E-state index is 0.788. The Bertz CT molecular complexity index is 228. The molecular weight excluding hydrogens is 178 g/mol. The normalized spacial score (nSPS) is 17.1. The van der Waals surface area contributed by atoms with Gasteiger partial charge in [-0.25, -0.2) is 5.43 Å². The van der Waals surface area contributed by atoms with E-state index in [1.54, 1.807) is 21.8 Å². The summed E-state index contributed by atoms with van der Waals surface area (Å²) in [4.78, 5) is 8.46. The maximum Gasteiger partial charge on any atom is 0.0700 e. The van der Waals surface area contributed by atoms with E-state index in [-0.39, 0.29) is 0 Å². The third kappa shape index (κ3) is 1.67. The Labute approximate surface area is 72.9 Å². The van der Waals surface area contributed by atoms with E-state index in [2.05, 4.69) is 21.3 Å². The minimum Gasteiger partial charge on any atom is -0.259 e. The number of hydrogen-bond donors (Lipinski definition) is 2. The highest BCUT2D eigenvalue weighted by molar-refractivity contribution is 8.76. The second-order valence-electron chi connectivity index (χ2n) is 2.07. The van der Waals surface area contributed by atoms with Crippen LogP contribution in [0.3, 0.4) is 0 Å². The molecule has 0 saturated carbocycles. The van der Waals surface area contributed by atoms with Crippen LogP contribution < -0.4 is 10.3 Å². The van der Waals surface area contributed by atoms with Crippen molar-refractivity contribution in [2.75, 3.05) is 0 Å². The molecule has 1 aliphatic rings. The van der Waals surface area contributed by atoms with Gasteiger partial charge in [0.05, 0.1) is 12.2 Å². The predicted octanol–water partition coefficient (Wildman–Crippen LogP) is 1.34. The van der Waals surface area contributed by atoms with Crippen LogP contribution in [-0.4, -0.2) is 4.98 Å². The zero-order valence-electron chi connectivity index (χ0n) is 5.70. The second-order valence-corrected chi connectivity index (χ2v) is 4.05. The van der Waals surface area contributed by atoms with E-state index in [0.29, 0.717) is 0 Å². The molecule has 0 saturated heterocycles. The van der Waals surface area contributed by atoms with Crippen molar-refractivity contribution in [2.45, 2.75) is 11.4 Å². The fraction of sp³-hybridized carbons (Fsp3) is 0.167. The van der Waals surface area contributed by atoms with Crippen LogP contribution in [0.15, 0.2) is 23.2 Å². The number of nitrogens with one attached hydrogen (secondary N) is 2. The van der Waals surface area contributed by atoms with Crippen LogP contribution in [0.2, 0.25) is 0 Å². The van der Waals surface area contributed by atoms with Crippen molar-refractivity contribution in [2.24, 2.45) is 0 Å². The average molecular weight is 185 g/mol. The zero-order chi connectivity index (χ0) is 7.52. The van der Waals surface area contributed by atoms with E-state index >= 15 is 0 Å². The number of nitrogens with zero attached hydrogens (tertiary/aromatic N) is 1. The van der Waals surface area contributed by atoms with Gasteiger partial charge < -0.3 is 0 Å². The maximum absolute atomic E-state index is 4.24. The van der Waals surface area contributed by atoms with Crippen LogP contribution in [0, 0.1) is 0 Å². The number of pyridine rings is 1. The molecule has 0 bridgehead atoms. The first-order chi connectivity index (χ1) is 5.47. The van der Waals surface area contributed by atoms with Crippen molar-refractivity contribution in [3.05, 3.63) is 24.0 Å². The molecule has 3 nitrogen and oxygen atoms in total. The Balaban J connectivity index is 2.33. The molecule has 2 rings (SSSR count). The summed E-state index contributed by atoms with van der Waals surface area (Å²) in [6.45, 7) is 0.788. The monoisotopic (exact) mass is 185 g/mol. The number of fused-ring (bicyclic) bond motifs is 1. The molecule has 2 N–H and O–H groups in total. The molecule has 2 heterocycles. The molecule has 11 heavy (non-hydrogen) atoms. The Morgan fingerprint density at radius 2 is 2.55 bits per heavy atom. The van der Waals surface area contributed by atoms with Crippen molar-refractivity contribution in [3.8, 4) is 0 Å². The third-order valence-electron chi connectivity index (χ3n) is 1.35. The number of rotatable bonds is 0. The van der Waals surface area contributed by atoms with E-state index in [4.69, 9.17) is 0 Å². The van der Waals surface area contributed by atoms with E-state index in [9.17, 15) is 0 Å².